The number of anilines is 2. The van der Waals surface area contributed by atoms with Crippen LogP contribution in [0.15, 0.2) is 10.7 Å². The molecule has 0 aliphatic rings. The average Bonchev–Trinajstić information content (AvgIpc) is 2.31. The number of nitrogen functional groups attached to an aromatic ring is 1. The lowest BCUT2D eigenvalue weighted by Crippen LogP contribution is -2.25. The second-order valence-corrected chi connectivity index (χ2v) is 5.30. The summed E-state index contributed by atoms with van der Waals surface area (Å²) in [6.07, 6.45) is 4.06. The lowest BCUT2D eigenvalue weighted by Gasteiger charge is -2.24. The normalized spacial score (nSPS) is 12.8. The van der Waals surface area contributed by atoms with Crippen molar-refractivity contribution >= 4 is 27.4 Å². The van der Waals surface area contributed by atoms with Crippen molar-refractivity contribution in [2.45, 2.75) is 46.6 Å². The highest BCUT2D eigenvalue weighted by Gasteiger charge is 2.16. The zero-order chi connectivity index (χ0) is 13.0. The third-order valence-corrected chi connectivity index (χ3v) is 4.39. The van der Waals surface area contributed by atoms with Gasteiger partial charge in [0.1, 0.15) is 5.82 Å². The molecule has 1 aromatic heterocycles. The molecule has 17 heavy (non-hydrogen) atoms. The maximum absolute atomic E-state index is 5.81. The highest BCUT2D eigenvalue weighted by atomic mass is 79.9. The van der Waals surface area contributed by atoms with Gasteiger partial charge in [-0.05, 0) is 41.3 Å². The van der Waals surface area contributed by atoms with Gasteiger partial charge in [0.05, 0.1) is 16.4 Å². The first-order valence-electron chi connectivity index (χ1n) is 6.18. The number of rotatable bonds is 5. The van der Waals surface area contributed by atoms with Gasteiger partial charge in [-0.15, -0.1) is 0 Å². The van der Waals surface area contributed by atoms with E-state index in [0.29, 0.717) is 12.0 Å². The summed E-state index contributed by atoms with van der Waals surface area (Å²) in [5.41, 5.74) is 7.57. The number of halogens is 1. The molecule has 1 heterocycles. The first-order chi connectivity index (χ1) is 8.01. The molecule has 3 N–H and O–H groups in total. The molecule has 96 valence electrons. The largest absolute Gasteiger partial charge is 0.397 e. The summed E-state index contributed by atoms with van der Waals surface area (Å²) in [5.74, 6) is 1.55. The van der Waals surface area contributed by atoms with E-state index in [2.05, 4.69) is 47.0 Å². The van der Waals surface area contributed by atoms with E-state index < -0.39 is 0 Å². The highest BCUT2D eigenvalue weighted by molar-refractivity contribution is 9.10. The fraction of sp³-hybridized carbons (Fsp3) is 0.615. The van der Waals surface area contributed by atoms with E-state index >= 15 is 0 Å². The fourth-order valence-electron chi connectivity index (χ4n) is 2.02. The van der Waals surface area contributed by atoms with Crippen molar-refractivity contribution in [3.63, 3.8) is 0 Å². The van der Waals surface area contributed by atoms with Crippen molar-refractivity contribution in [2.24, 2.45) is 5.92 Å². The van der Waals surface area contributed by atoms with E-state index in [-0.39, 0.29) is 0 Å². The van der Waals surface area contributed by atoms with Gasteiger partial charge < -0.3 is 11.1 Å². The lowest BCUT2D eigenvalue weighted by molar-refractivity contribution is 0.437. The van der Waals surface area contributed by atoms with E-state index in [1.165, 1.54) is 12.8 Å². The molecule has 0 spiro atoms. The molecule has 0 aromatic carbocycles. The molecule has 0 bridgehead atoms. The number of hydrogen-bond acceptors (Lipinski definition) is 3. The zero-order valence-electron chi connectivity index (χ0n) is 11.0. The molecule has 0 amide bonds. The molecule has 0 saturated heterocycles. The molecule has 0 aliphatic carbocycles. The molecule has 1 atom stereocenters. The van der Waals surface area contributed by atoms with Crippen molar-refractivity contribution < 1.29 is 0 Å². The quantitative estimate of drug-likeness (QED) is 0.865. The number of hydrogen-bond donors (Lipinski definition) is 2. The van der Waals surface area contributed by atoms with Crippen molar-refractivity contribution in [3.05, 3.63) is 16.2 Å². The third kappa shape index (κ3) is 3.35. The van der Waals surface area contributed by atoms with Crippen LogP contribution in [0.4, 0.5) is 11.5 Å². The Morgan fingerprint density at radius 1 is 1.41 bits per heavy atom. The van der Waals surface area contributed by atoms with Crippen molar-refractivity contribution in [1.82, 2.24) is 4.98 Å². The number of nitrogens with two attached hydrogens (primary N) is 1. The summed E-state index contributed by atoms with van der Waals surface area (Å²) in [5, 5.41) is 3.47. The van der Waals surface area contributed by atoms with Crippen LogP contribution in [0.1, 0.15) is 39.2 Å². The van der Waals surface area contributed by atoms with Crippen molar-refractivity contribution in [1.29, 1.82) is 0 Å². The topological polar surface area (TPSA) is 50.9 Å². The third-order valence-electron chi connectivity index (χ3n) is 3.42. The van der Waals surface area contributed by atoms with Crippen LogP contribution < -0.4 is 11.1 Å². The molecule has 4 heteroatoms. The fourth-order valence-corrected chi connectivity index (χ4v) is 2.47. The van der Waals surface area contributed by atoms with Gasteiger partial charge in [0.15, 0.2) is 0 Å². The van der Waals surface area contributed by atoms with Gasteiger partial charge >= 0.3 is 0 Å². The maximum Gasteiger partial charge on any atom is 0.140 e. The van der Waals surface area contributed by atoms with Gasteiger partial charge in [-0.1, -0.05) is 26.7 Å². The van der Waals surface area contributed by atoms with Crippen molar-refractivity contribution in [3.8, 4) is 0 Å². The molecule has 0 aliphatic heterocycles. The predicted molar refractivity (Wildman–Crippen MR) is 78.2 cm³/mol. The van der Waals surface area contributed by atoms with Crippen LogP contribution >= 0.6 is 15.9 Å². The molecule has 0 fully saturated rings. The van der Waals surface area contributed by atoms with Crippen LogP contribution in [0.5, 0.6) is 0 Å². The molecule has 1 rings (SSSR count). The average molecular weight is 300 g/mol. The van der Waals surface area contributed by atoms with E-state index in [1.54, 1.807) is 6.20 Å². The Hall–Kier alpha value is -0.770. The molecular weight excluding hydrogens is 278 g/mol. The minimum absolute atomic E-state index is 0.414. The number of pyridine rings is 1. The summed E-state index contributed by atoms with van der Waals surface area (Å²) in [4.78, 5) is 4.35. The first kappa shape index (κ1) is 14.3. The molecule has 1 aromatic rings. The number of aromatic nitrogens is 1. The lowest BCUT2D eigenvalue weighted by atomic mass is 9.95. The van der Waals surface area contributed by atoms with Crippen LogP contribution in [0.2, 0.25) is 0 Å². The SMILES string of the molecule is CCC(CC)C(C)Nc1ncc(N)c(C)c1Br. The Bertz CT molecular complexity index is 375. The minimum atomic E-state index is 0.414. The Kier molecular flexibility index (Phi) is 5.25. The Morgan fingerprint density at radius 2 is 2.00 bits per heavy atom. The summed E-state index contributed by atoms with van der Waals surface area (Å²) in [6, 6.07) is 0.414. The maximum atomic E-state index is 5.81. The second-order valence-electron chi connectivity index (χ2n) is 4.51. The Labute approximate surface area is 112 Å². The monoisotopic (exact) mass is 299 g/mol. The van der Waals surface area contributed by atoms with E-state index in [4.69, 9.17) is 5.73 Å². The highest BCUT2D eigenvalue weighted by Crippen LogP contribution is 2.29. The zero-order valence-corrected chi connectivity index (χ0v) is 12.6. The van der Waals surface area contributed by atoms with Gasteiger partial charge in [0.25, 0.3) is 0 Å². The van der Waals surface area contributed by atoms with Gasteiger partial charge in [0, 0.05) is 6.04 Å². The summed E-state index contributed by atoms with van der Waals surface area (Å²) >= 11 is 3.55. The Morgan fingerprint density at radius 3 is 2.53 bits per heavy atom. The van der Waals surface area contributed by atoms with Crippen LogP contribution in [0, 0.1) is 12.8 Å². The first-order valence-corrected chi connectivity index (χ1v) is 6.97. The smallest absolute Gasteiger partial charge is 0.140 e. The van der Waals surface area contributed by atoms with Gasteiger partial charge in [-0.25, -0.2) is 4.98 Å². The van der Waals surface area contributed by atoms with Gasteiger partial charge in [0.2, 0.25) is 0 Å². The van der Waals surface area contributed by atoms with Crippen molar-refractivity contribution in [2.75, 3.05) is 11.1 Å². The van der Waals surface area contributed by atoms with Gasteiger partial charge in [-0.2, -0.15) is 0 Å². The number of nitrogens with zero attached hydrogens (tertiary/aromatic N) is 1. The predicted octanol–water partition coefficient (Wildman–Crippen LogP) is 3.97. The van der Waals surface area contributed by atoms with Gasteiger partial charge in [-0.3, -0.25) is 0 Å². The number of nitrogens with one attached hydrogen (secondary N) is 1. The minimum Gasteiger partial charge on any atom is -0.397 e. The molecule has 0 radical (unpaired) electrons. The second kappa shape index (κ2) is 6.24. The van der Waals surface area contributed by atoms with Crippen LogP contribution in [0.3, 0.4) is 0 Å². The summed E-state index contributed by atoms with van der Waals surface area (Å²) < 4.78 is 0.968. The van der Waals surface area contributed by atoms with Crippen LogP contribution in [-0.4, -0.2) is 11.0 Å². The van der Waals surface area contributed by atoms with Crippen LogP contribution in [-0.2, 0) is 0 Å². The molecule has 1 unspecified atom stereocenters. The standard InChI is InChI=1S/C13H22BrN3/c1-5-10(6-2)9(4)17-13-12(14)8(3)11(15)7-16-13/h7,9-10H,5-6,15H2,1-4H3,(H,16,17). The molecule has 0 saturated carbocycles. The Balaban J connectivity index is 2.85. The van der Waals surface area contributed by atoms with E-state index in [9.17, 15) is 0 Å². The molecular formula is C13H22BrN3. The molecule has 3 nitrogen and oxygen atoms in total. The van der Waals surface area contributed by atoms with E-state index in [1.807, 2.05) is 6.92 Å². The van der Waals surface area contributed by atoms with E-state index in [0.717, 1.165) is 21.5 Å². The summed E-state index contributed by atoms with van der Waals surface area (Å²) in [6.45, 7) is 8.65. The van der Waals surface area contributed by atoms with Crippen LogP contribution in [0.25, 0.3) is 0 Å². The summed E-state index contributed by atoms with van der Waals surface area (Å²) in [7, 11) is 0.